The topological polar surface area (TPSA) is 52.9 Å². The third-order valence-corrected chi connectivity index (χ3v) is 3.92. The molecule has 5 heteroatoms. The average Bonchev–Trinajstić information content (AvgIpc) is 2.66. The van der Waals surface area contributed by atoms with Gasteiger partial charge in [-0.1, -0.05) is 41.9 Å². The van der Waals surface area contributed by atoms with Crippen LogP contribution < -0.4 is 11.3 Å². The predicted molar refractivity (Wildman–Crippen MR) is 86.0 cm³/mol. The molecule has 0 saturated heterocycles. The number of halogens is 1. The van der Waals surface area contributed by atoms with Gasteiger partial charge in [0.25, 0.3) is 5.56 Å². The highest BCUT2D eigenvalue weighted by molar-refractivity contribution is 9.10. The molecule has 1 heterocycles. The van der Waals surface area contributed by atoms with Crippen LogP contribution in [0.2, 0.25) is 0 Å². The molecule has 1 aromatic carbocycles. The first-order chi connectivity index (χ1) is 9.58. The standard InChI is InChI=1S/C15H20BrN3O/c1-3-9-18-13(4-2)14(17)15(20)19(18)10-11-5-7-12(16)8-6-11/h5-8H,3-4,9-10,17H2,1-2H3. The number of anilines is 1. The van der Waals surface area contributed by atoms with Crippen LogP contribution in [0, 0.1) is 0 Å². The second kappa shape index (κ2) is 6.31. The number of nitrogens with two attached hydrogens (primary N) is 1. The lowest BCUT2D eigenvalue weighted by Gasteiger charge is -2.13. The minimum atomic E-state index is -0.0850. The Kier molecular flexibility index (Phi) is 4.70. The van der Waals surface area contributed by atoms with Gasteiger partial charge in [0.2, 0.25) is 0 Å². The van der Waals surface area contributed by atoms with Gasteiger partial charge in [0.15, 0.2) is 0 Å². The molecule has 2 aromatic rings. The molecular weight excluding hydrogens is 318 g/mol. The van der Waals surface area contributed by atoms with Crippen molar-refractivity contribution in [1.29, 1.82) is 0 Å². The number of aromatic nitrogens is 2. The summed E-state index contributed by atoms with van der Waals surface area (Å²) >= 11 is 3.42. The van der Waals surface area contributed by atoms with Gasteiger partial charge in [-0.15, -0.1) is 0 Å². The van der Waals surface area contributed by atoms with E-state index in [2.05, 4.69) is 22.9 Å². The highest BCUT2D eigenvalue weighted by atomic mass is 79.9. The van der Waals surface area contributed by atoms with Crippen LogP contribution in [0.3, 0.4) is 0 Å². The Hall–Kier alpha value is -1.49. The molecular formula is C15H20BrN3O. The lowest BCUT2D eigenvalue weighted by molar-refractivity contribution is 0.452. The van der Waals surface area contributed by atoms with Gasteiger partial charge in [-0.3, -0.25) is 9.48 Å². The Bertz CT molecular complexity index is 640. The van der Waals surface area contributed by atoms with Gasteiger partial charge >= 0.3 is 0 Å². The third kappa shape index (κ3) is 2.82. The van der Waals surface area contributed by atoms with Crippen molar-refractivity contribution < 1.29 is 0 Å². The minimum absolute atomic E-state index is 0.0850. The number of nitrogen functional groups attached to an aromatic ring is 1. The van der Waals surface area contributed by atoms with Crippen LogP contribution >= 0.6 is 15.9 Å². The van der Waals surface area contributed by atoms with E-state index in [0.717, 1.165) is 35.1 Å². The van der Waals surface area contributed by atoms with E-state index < -0.39 is 0 Å². The Labute approximate surface area is 127 Å². The zero-order valence-corrected chi connectivity index (χ0v) is 13.5. The normalized spacial score (nSPS) is 10.9. The molecule has 4 nitrogen and oxygen atoms in total. The van der Waals surface area contributed by atoms with E-state index in [9.17, 15) is 4.79 Å². The van der Waals surface area contributed by atoms with Gasteiger partial charge < -0.3 is 5.73 Å². The average molecular weight is 338 g/mol. The van der Waals surface area contributed by atoms with Crippen LogP contribution in [-0.4, -0.2) is 9.36 Å². The molecule has 0 aliphatic rings. The van der Waals surface area contributed by atoms with E-state index in [1.807, 2.05) is 35.9 Å². The van der Waals surface area contributed by atoms with Crippen molar-refractivity contribution in [3.63, 3.8) is 0 Å². The van der Waals surface area contributed by atoms with E-state index in [4.69, 9.17) is 5.73 Å². The molecule has 0 aliphatic heterocycles. The molecule has 0 spiro atoms. The molecule has 2 rings (SSSR count). The lowest BCUT2D eigenvalue weighted by Crippen LogP contribution is -2.25. The van der Waals surface area contributed by atoms with E-state index in [1.54, 1.807) is 4.68 Å². The highest BCUT2D eigenvalue weighted by Crippen LogP contribution is 2.14. The molecule has 0 bridgehead atoms. The first-order valence-electron chi connectivity index (χ1n) is 6.90. The summed E-state index contributed by atoms with van der Waals surface area (Å²) in [4.78, 5) is 12.3. The molecule has 0 saturated carbocycles. The maximum Gasteiger partial charge on any atom is 0.290 e. The largest absolute Gasteiger partial charge is 0.393 e. The Balaban J connectivity index is 2.44. The van der Waals surface area contributed by atoms with Gasteiger partial charge in [-0.25, -0.2) is 4.68 Å². The summed E-state index contributed by atoms with van der Waals surface area (Å²) in [6.45, 7) is 5.49. The first kappa shape index (κ1) is 14.9. The molecule has 108 valence electrons. The monoisotopic (exact) mass is 337 g/mol. The van der Waals surface area contributed by atoms with Crippen LogP contribution in [0.1, 0.15) is 31.5 Å². The van der Waals surface area contributed by atoms with E-state index >= 15 is 0 Å². The number of benzene rings is 1. The minimum Gasteiger partial charge on any atom is -0.393 e. The summed E-state index contributed by atoms with van der Waals surface area (Å²) in [6.07, 6.45) is 1.75. The van der Waals surface area contributed by atoms with Crippen molar-refractivity contribution in [3.05, 3.63) is 50.3 Å². The van der Waals surface area contributed by atoms with E-state index in [0.29, 0.717) is 12.2 Å². The Morgan fingerprint density at radius 1 is 1.15 bits per heavy atom. The fourth-order valence-electron chi connectivity index (χ4n) is 2.42. The van der Waals surface area contributed by atoms with E-state index in [1.165, 1.54) is 0 Å². The van der Waals surface area contributed by atoms with E-state index in [-0.39, 0.29) is 5.56 Å². The lowest BCUT2D eigenvalue weighted by atomic mass is 10.2. The number of nitrogens with zero attached hydrogens (tertiary/aromatic N) is 2. The van der Waals surface area contributed by atoms with Crippen molar-refractivity contribution >= 4 is 21.6 Å². The fourth-order valence-corrected chi connectivity index (χ4v) is 2.68. The summed E-state index contributed by atoms with van der Waals surface area (Å²) in [5.74, 6) is 0. The molecule has 0 unspecified atom stereocenters. The van der Waals surface area contributed by atoms with Crippen molar-refractivity contribution in [3.8, 4) is 0 Å². The SMILES string of the molecule is CCCn1c(CC)c(N)c(=O)n1Cc1ccc(Br)cc1. The fraction of sp³-hybridized carbons (Fsp3) is 0.400. The van der Waals surface area contributed by atoms with Crippen LogP contribution in [-0.2, 0) is 19.5 Å². The molecule has 0 amide bonds. The second-order valence-corrected chi connectivity index (χ2v) is 5.74. The van der Waals surface area contributed by atoms with Gasteiger partial charge in [0.1, 0.15) is 5.69 Å². The summed E-state index contributed by atoms with van der Waals surface area (Å²) < 4.78 is 4.81. The number of hydrogen-bond donors (Lipinski definition) is 1. The molecule has 0 fully saturated rings. The number of hydrogen-bond acceptors (Lipinski definition) is 2. The second-order valence-electron chi connectivity index (χ2n) is 4.83. The predicted octanol–water partition coefficient (Wildman–Crippen LogP) is 3.02. The molecule has 2 N–H and O–H groups in total. The van der Waals surface area contributed by atoms with Gasteiger partial charge in [0, 0.05) is 11.0 Å². The maximum atomic E-state index is 12.3. The van der Waals surface area contributed by atoms with Gasteiger partial charge in [0.05, 0.1) is 12.2 Å². The smallest absolute Gasteiger partial charge is 0.290 e. The summed E-state index contributed by atoms with van der Waals surface area (Å²) in [5.41, 5.74) is 8.29. The van der Waals surface area contributed by atoms with Crippen LogP contribution in [0.5, 0.6) is 0 Å². The maximum absolute atomic E-state index is 12.3. The van der Waals surface area contributed by atoms with Crippen LogP contribution in [0.4, 0.5) is 5.69 Å². The van der Waals surface area contributed by atoms with Crippen LogP contribution in [0.15, 0.2) is 33.5 Å². The van der Waals surface area contributed by atoms with Crippen LogP contribution in [0.25, 0.3) is 0 Å². The van der Waals surface area contributed by atoms with Gasteiger partial charge in [-0.05, 0) is 30.5 Å². The van der Waals surface area contributed by atoms with Crippen molar-refractivity contribution in [2.75, 3.05) is 5.73 Å². The summed E-state index contributed by atoms with van der Waals surface area (Å²) in [5, 5.41) is 0. The Morgan fingerprint density at radius 3 is 2.35 bits per heavy atom. The molecule has 0 radical (unpaired) electrons. The molecule has 1 aromatic heterocycles. The third-order valence-electron chi connectivity index (χ3n) is 3.39. The molecule has 0 atom stereocenters. The molecule has 20 heavy (non-hydrogen) atoms. The van der Waals surface area contributed by atoms with Crippen molar-refractivity contribution in [1.82, 2.24) is 9.36 Å². The number of rotatable bonds is 5. The molecule has 0 aliphatic carbocycles. The first-order valence-corrected chi connectivity index (χ1v) is 7.70. The van der Waals surface area contributed by atoms with Gasteiger partial charge in [-0.2, -0.15) is 0 Å². The summed E-state index contributed by atoms with van der Waals surface area (Å²) in [7, 11) is 0. The summed E-state index contributed by atoms with van der Waals surface area (Å²) in [6, 6.07) is 8.00. The quantitative estimate of drug-likeness (QED) is 0.911. The highest BCUT2D eigenvalue weighted by Gasteiger charge is 2.15. The zero-order chi connectivity index (χ0) is 14.7. The Morgan fingerprint density at radius 2 is 1.80 bits per heavy atom. The zero-order valence-electron chi connectivity index (χ0n) is 11.9. The van der Waals surface area contributed by atoms with Crippen molar-refractivity contribution in [2.24, 2.45) is 0 Å². The van der Waals surface area contributed by atoms with Crippen molar-refractivity contribution in [2.45, 2.75) is 39.8 Å².